The Hall–Kier alpha value is -1.66. The molecule has 2 atom stereocenters. The Morgan fingerprint density at radius 1 is 1.48 bits per heavy atom. The number of rotatable bonds is 4. The fourth-order valence-corrected chi connectivity index (χ4v) is 2.77. The Morgan fingerprint density at radius 3 is 2.86 bits per heavy atom. The van der Waals surface area contributed by atoms with Gasteiger partial charge in [-0.15, -0.1) is 0 Å². The second kappa shape index (κ2) is 6.87. The predicted molar refractivity (Wildman–Crippen MR) is 80.3 cm³/mol. The van der Waals surface area contributed by atoms with Gasteiger partial charge >= 0.3 is 0 Å². The number of aliphatic hydroxyl groups is 1. The summed E-state index contributed by atoms with van der Waals surface area (Å²) in [4.78, 5) is 13.9. The van der Waals surface area contributed by atoms with E-state index in [0.29, 0.717) is 5.69 Å². The number of carbonyl (C=O) groups is 1. The number of amides is 1. The van der Waals surface area contributed by atoms with Crippen molar-refractivity contribution in [3.05, 3.63) is 24.0 Å². The van der Waals surface area contributed by atoms with E-state index in [1.54, 1.807) is 0 Å². The van der Waals surface area contributed by atoms with Crippen molar-refractivity contribution in [1.82, 2.24) is 4.90 Å². The average Bonchev–Trinajstić information content (AvgIpc) is 2.43. The third-order valence-electron chi connectivity index (χ3n) is 3.93. The van der Waals surface area contributed by atoms with E-state index in [-0.39, 0.29) is 30.3 Å². The van der Waals surface area contributed by atoms with Gasteiger partial charge in [-0.25, -0.2) is 4.39 Å². The third-order valence-corrected chi connectivity index (χ3v) is 3.93. The van der Waals surface area contributed by atoms with E-state index < -0.39 is 5.82 Å². The number of nitrogens with zero attached hydrogens (tertiary/aromatic N) is 1. The highest BCUT2D eigenvalue weighted by atomic mass is 19.1. The highest BCUT2D eigenvalue weighted by Gasteiger charge is 2.27. The Labute approximate surface area is 123 Å². The number of hydrogen-bond donors (Lipinski definition) is 3. The highest BCUT2D eigenvalue weighted by Crippen LogP contribution is 2.22. The maximum atomic E-state index is 13.1. The Morgan fingerprint density at radius 2 is 2.19 bits per heavy atom. The van der Waals surface area contributed by atoms with Crippen molar-refractivity contribution in [2.24, 2.45) is 0 Å². The van der Waals surface area contributed by atoms with Gasteiger partial charge in [0.15, 0.2) is 0 Å². The van der Waals surface area contributed by atoms with E-state index in [9.17, 15) is 14.3 Å². The summed E-state index contributed by atoms with van der Waals surface area (Å²) in [5.74, 6) is -0.711. The number of halogens is 1. The van der Waals surface area contributed by atoms with Crippen LogP contribution in [0.25, 0.3) is 0 Å². The van der Waals surface area contributed by atoms with Gasteiger partial charge in [0.1, 0.15) is 5.82 Å². The van der Waals surface area contributed by atoms with Gasteiger partial charge in [0.05, 0.1) is 18.3 Å². The normalized spacial score (nSPS) is 22.3. The molecule has 21 heavy (non-hydrogen) atoms. The van der Waals surface area contributed by atoms with Crippen LogP contribution in [0.4, 0.5) is 15.8 Å². The molecule has 2 rings (SSSR count). The van der Waals surface area contributed by atoms with Gasteiger partial charge in [-0.3, -0.25) is 9.69 Å². The second-order valence-electron chi connectivity index (χ2n) is 5.62. The van der Waals surface area contributed by atoms with E-state index in [1.807, 2.05) is 11.9 Å². The van der Waals surface area contributed by atoms with E-state index >= 15 is 0 Å². The molecular formula is C15H22FN3O2. The number of hydrogen-bond acceptors (Lipinski definition) is 4. The zero-order valence-electron chi connectivity index (χ0n) is 12.2. The van der Waals surface area contributed by atoms with Crippen molar-refractivity contribution >= 4 is 17.3 Å². The summed E-state index contributed by atoms with van der Waals surface area (Å²) in [7, 11) is 1.83. The van der Waals surface area contributed by atoms with Crippen LogP contribution in [0.15, 0.2) is 18.2 Å². The number of carbonyl (C=O) groups excluding carboxylic acids is 1. The zero-order chi connectivity index (χ0) is 15.4. The number of nitrogens with two attached hydrogens (primary N) is 1. The quantitative estimate of drug-likeness (QED) is 0.737. The molecule has 1 aliphatic rings. The molecule has 4 N–H and O–H groups in total. The molecule has 1 aromatic carbocycles. The molecule has 1 aromatic rings. The molecule has 116 valence electrons. The average molecular weight is 295 g/mol. The summed E-state index contributed by atoms with van der Waals surface area (Å²) >= 11 is 0. The van der Waals surface area contributed by atoms with Crippen molar-refractivity contribution in [2.75, 3.05) is 24.6 Å². The largest absolute Gasteiger partial charge is 0.396 e. The maximum Gasteiger partial charge on any atom is 0.238 e. The monoisotopic (exact) mass is 295 g/mol. The van der Waals surface area contributed by atoms with Crippen LogP contribution in [0, 0.1) is 5.82 Å². The van der Waals surface area contributed by atoms with E-state index in [2.05, 4.69) is 5.32 Å². The summed E-state index contributed by atoms with van der Waals surface area (Å²) in [5, 5.41) is 12.7. The van der Waals surface area contributed by atoms with Crippen LogP contribution in [0.3, 0.4) is 0 Å². The van der Waals surface area contributed by atoms with Crippen LogP contribution in [-0.4, -0.2) is 41.7 Å². The lowest BCUT2D eigenvalue weighted by atomic mass is 9.91. The van der Waals surface area contributed by atoms with Crippen LogP contribution in [0.1, 0.15) is 25.7 Å². The fraction of sp³-hybridized carbons (Fsp3) is 0.533. The SMILES string of the molecule is CN(CC(=O)Nc1ccc(F)c(N)c1)C1CCCCC1O. The van der Waals surface area contributed by atoms with Crippen molar-refractivity contribution in [3.63, 3.8) is 0 Å². The number of benzene rings is 1. The molecular weight excluding hydrogens is 273 g/mol. The first-order valence-corrected chi connectivity index (χ1v) is 7.20. The Balaban J connectivity index is 1.90. The van der Waals surface area contributed by atoms with Gasteiger partial charge in [0.25, 0.3) is 0 Å². The van der Waals surface area contributed by atoms with E-state index in [0.717, 1.165) is 25.7 Å². The van der Waals surface area contributed by atoms with Crippen LogP contribution in [-0.2, 0) is 4.79 Å². The lowest BCUT2D eigenvalue weighted by Gasteiger charge is -2.34. The topological polar surface area (TPSA) is 78.6 Å². The fourth-order valence-electron chi connectivity index (χ4n) is 2.77. The van der Waals surface area contributed by atoms with Crippen LogP contribution in [0.5, 0.6) is 0 Å². The molecule has 0 bridgehead atoms. The first-order valence-electron chi connectivity index (χ1n) is 7.20. The molecule has 0 saturated heterocycles. The summed E-state index contributed by atoms with van der Waals surface area (Å²) in [6, 6.07) is 4.10. The summed E-state index contributed by atoms with van der Waals surface area (Å²) in [6.07, 6.45) is 3.41. The van der Waals surface area contributed by atoms with Crippen LogP contribution < -0.4 is 11.1 Å². The molecule has 1 fully saturated rings. The number of likely N-dealkylation sites (N-methyl/N-ethyl adjacent to an activating group) is 1. The minimum absolute atomic E-state index is 0.00357. The minimum atomic E-state index is -0.504. The summed E-state index contributed by atoms with van der Waals surface area (Å²) in [5.41, 5.74) is 5.94. The van der Waals surface area contributed by atoms with Gasteiger partial charge in [-0.05, 0) is 38.1 Å². The molecule has 0 aliphatic heterocycles. The van der Waals surface area contributed by atoms with Crippen molar-refractivity contribution in [2.45, 2.75) is 37.8 Å². The third kappa shape index (κ3) is 4.15. The number of aliphatic hydroxyl groups excluding tert-OH is 1. The predicted octanol–water partition coefficient (Wildman–Crippen LogP) is 1.58. The molecule has 0 heterocycles. The lowest BCUT2D eigenvalue weighted by molar-refractivity contribution is -0.118. The molecule has 1 amide bonds. The Kier molecular flexibility index (Phi) is 5.14. The summed E-state index contributed by atoms with van der Waals surface area (Å²) in [6.45, 7) is 0.180. The molecule has 1 saturated carbocycles. The van der Waals surface area contributed by atoms with Crippen molar-refractivity contribution in [3.8, 4) is 0 Å². The smallest absolute Gasteiger partial charge is 0.238 e. The maximum absolute atomic E-state index is 13.1. The van der Waals surface area contributed by atoms with Crippen LogP contribution >= 0.6 is 0 Å². The van der Waals surface area contributed by atoms with Gasteiger partial charge in [-0.2, -0.15) is 0 Å². The first-order chi connectivity index (χ1) is 9.97. The first kappa shape index (κ1) is 15.7. The molecule has 5 nitrogen and oxygen atoms in total. The second-order valence-corrected chi connectivity index (χ2v) is 5.62. The Bertz CT molecular complexity index is 510. The number of anilines is 2. The van der Waals surface area contributed by atoms with E-state index in [4.69, 9.17) is 5.73 Å². The van der Waals surface area contributed by atoms with Gasteiger partial charge in [-0.1, -0.05) is 12.8 Å². The van der Waals surface area contributed by atoms with E-state index in [1.165, 1.54) is 18.2 Å². The highest BCUT2D eigenvalue weighted by molar-refractivity contribution is 5.92. The van der Waals surface area contributed by atoms with Crippen molar-refractivity contribution in [1.29, 1.82) is 0 Å². The number of nitrogens with one attached hydrogen (secondary N) is 1. The molecule has 0 spiro atoms. The van der Waals surface area contributed by atoms with Crippen LogP contribution in [0.2, 0.25) is 0 Å². The number of nitrogen functional groups attached to an aromatic ring is 1. The summed E-state index contributed by atoms with van der Waals surface area (Å²) < 4.78 is 13.1. The zero-order valence-corrected chi connectivity index (χ0v) is 12.2. The molecule has 2 unspecified atom stereocenters. The standard InChI is InChI=1S/C15H22FN3O2/c1-19(13-4-2-3-5-14(13)20)9-15(21)18-10-6-7-11(16)12(17)8-10/h6-8,13-14,20H,2-5,9,17H2,1H3,(H,18,21). The lowest BCUT2D eigenvalue weighted by Crippen LogP contribution is -2.46. The molecule has 1 aliphatic carbocycles. The van der Waals surface area contributed by atoms with Crippen molar-refractivity contribution < 1.29 is 14.3 Å². The van der Waals surface area contributed by atoms with Gasteiger partial charge in [0, 0.05) is 11.7 Å². The molecule has 0 aromatic heterocycles. The molecule has 0 radical (unpaired) electrons. The minimum Gasteiger partial charge on any atom is -0.396 e. The van der Waals surface area contributed by atoms with Gasteiger partial charge < -0.3 is 16.2 Å². The molecule has 6 heteroatoms. The van der Waals surface area contributed by atoms with Gasteiger partial charge in [0.2, 0.25) is 5.91 Å².